The summed E-state index contributed by atoms with van der Waals surface area (Å²) in [6.07, 6.45) is 0.389. The molecule has 0 fully saturated rings. The van der Waals surface area contributed by atoms with E-state index in [4.69, 9.17) is 9.47 Å². The van der Waals surface area contributed by atoms with Crippen LogP contribution in [0.3, 0.4) is 0 Å². The lowest BCUT2D eigenvalue weighted by molar-refractivity contribution is -0.145. The van der Waals surface area contributed by atoms with Gasteiger partial charge >= 0.3 is 11.9 Å². The number of aryl methyl sites for hydroxylation is 1. The molecular weight excluding hydrogens is 398 g/mol. The fourth-order valence-electron chi connectivity index (χ4n) is 2.99. The van der Waals surface area contributed by atoms with Crippen LogP contribution in [-0.4, -0.2) is 43.4 Å². The fourth-order valence-corrected chi connectivity index (χ4v) is 2.99. The third kappa shape index (κ3) is 6.77. The van der Waals surface area contributed by atoms with Gasteiger partial charge in [0, 0.05) is 11.1 Å². The number of benzene rings is 2. The molecule has 0 saturated heterocycles. The first-order valence-electron chi connectivity index (χ1n) is 9.97. The Kier molecular flexibility index (Phi) is 8.49. The highest BCUT2D eigenvalue weighted by Crippen LogP contribution is 2.16. The topological polar surface area (TPSA) is 98.8 Å². The highest BCUT2D eigenvalue weighted by atomic mass is 16.5. The van der Waals surface area contributed by atoms with Gasteiger partial charge in [-0.3, -0.25) is 9.59 Å². The number of methoxy groups -OCH3 is 1. The van der Waals surface area contributed by atoms with Crippen LogP contribution in [0.15, 0.2) is 48.5 Å². The number of ketones is 1. The molecule has 0 aliphatic rings. The van der Waals surface area contributed by atoms with Crippen molar-refractivity contribution >= 4 is 23.6 Å². The van der Waals surface area contributed by atoms with E-state index in [0.717, 1.165) is 5.56 Å². The van der Waals surface area contributed by atoms with E-state index in [2.05, 4.69) is 5.32 Å². The van der Waals surface area contributed by atoms with Crippen LogP contribution in [0.5, 0.6) is 0 Å². The van der Waals surface area contributed by atoms with E-state index < -0.39 is 30.5 Å². The molecule has 0 aliphatic heterocycles. The van der Waals surface area contributed by atoms with Crippen LogP contribution in [0.1, 0.15) is 52.1 Å². The van der Waals surface area contributed by atoms with Gasteiger partial charge in [0.05, 0.1) is 12.7 Å². The summed E-state index contributed by atoms with van der Waals surface area (Å²) in [6, 6.07) is 12.4. The predicted octanol–water partition coefficient (Wildman–Crippen LogP) is 3.09. The highest BCUT2D eigenvalue weighted by molar-refractivity contribution is 6.14. The van der Waals surface area contributed by atoms with Crippen molar-refractivity contribution in [2.24, 2.45) is 5.92 Å². The summed E-state index contributed by atoms with van der Waals surface area (Å²) in [5.41, 5.74) is 1.70. The number of rotatable bonds is 9. The summed E-state index contributed by atoms with van der Waals surface area (Å²) in [5.74, 6) is -2.18. The van der Waals surface area contributed by atoms with Gasteiger partial charge < -0.3 is 14.8 Å². The smallest absolute Gasteiger partial charge is 0.339 e. The van der Waals surface area contributed by atoms with E-state index in [1.807, 2.05) is 32.9 Å². The fraction of sp³-hybridized carbons (Fsp3) is 0.333. The molecule has 1 atom stereocenters. The molecule has 0 bridgehead atoms. The maximum absolute atomic E-state index is 12.8. The van der Waals surface area contributed by atoms with Crippen LogP contribution in [0.4, 0.5) is 0 Å². The predicted molar refractivity (Wildman–Crippen MR) is 115 cm³/mol. The van der Waals surface area contributed by atoms with E-state index in [9.17, 15) is 19.2 Å². The Morgan fingerprint density at radius 2 is 1.55 bits per heavy atom. The van der Waals surface area contributed by atoms with E-state index >= 15 is 0 Å². The Hall–Kier alpha value is -3.48. The minimum atomic E-state index is -0.827. The van der Waals surface area contributed by atoms with Crippen molar-refractivity contribution in [3.8, 4) is 0 Å². The van der Waals surface area contributed by atoms with Crippen LogP contribution in [-0.2, 0) is 19.1 Å². The zero-order chi connectivity index (χ0) is 23.0. The first-order chi connectivity index (χ1) is 14.7. The summed E-state index contributed by atoms with van der Waals surface area (Å²) in [6.45, 7) is 5.14. The first kappa shape index (κ1) is 23.8. The highest BCUT2D eigenvalue weighted by Gasteiger charge is 2.24. The summed E-state index contributed by atoms with van der Waals surface area (Å²) < 4.78 is 9.80. The molecule has 31 heavy (non-hydrogen) atoms. The Labute approximate surface area is 181 Å². The van der Waals surface area contributed by atoms with Crippen LogP contribution < -0.4 is 5.32 Å². The number of amides is 1. The average Bonchev–Trinajstić information content (AvgIpc) is 2.76. The monoisotopic (exact) mass is 425 g/mol. The number of carbonyl (C=O) groups excluding carboxylic acids is 4. The number of carbonyl (C=O) groups is 4. The van der Waals surface area contributed by atoms with Gasteiger partial charge in [-0.25, -0.2) is 9.59 Å². The maximum Gasteiger partial charge on any atom is 0.339 e. The number of hydrogen-bond donors (Lipinski definition) is 1. The van der Waals surface area contributed by atoms with Gasteiger partial charge in [-0.2, -0.15) is 0 Å². The Morgan fingerprint density at radius 1 is 0.935 bits per heavy atom. The molecule has 0 saturated carbocycles. The summed E-state index contributed by atoms with van der Waals surface area (Å²) in [4.78, 5) is 49.4. The van der Waals surface area contributed by atoms with Crippen molar-refractivity contribution < 1.29 is 28.7 Å². The molecule has 2 rings (SSSR count). The maximum atomic E-state index is 12.8. The lowest BCUT2D eigenvalue weighted by Gasteiger charge is -2.18. The molecule has 164 valence electrons. The van der Waals surface area contributed by atoms with Crippen molar-refractivity contribution in [1.82, 2.24) is 5.32 Å². The van der Waals surface area contributed by atoms with Gasteiger partial charge in [-0.15, -0.1) is 0 Å². The second kappa shape index (κ2) is 11.1. The van der Waals surface area contributed by atoms with Gasteiger partial charge in [-0.1, -0.05) is 61.9 Å². The molecule has 2 aromatic rings. The van der Waals surface area contributed by atoms with E-state index in [0.29, 0.717) is 12.0 Å². The van der Waals surface area contributed by atoms with E-state index in [1.165, 1.54) is 19.2 Å². The molecular formula is C24H27NO6. The summed E-state index contributed by atoms with van der Waals surface area (Å²) in [5, 5.41) is 2.52. The van der Waals surface area contributed by atoms with Gasteiger partial charge in [0.2, 0.25) is 0 Å². The standard InChI is InChI=1S/C24H27NO6/c1-15(2)13-20(24(29)30-4)25-21(26)14-31-23(28)19-8-6-5-7-18(19)22(27)17-11-9-16(3)10-12-17/h5-12,15,20H,13-14H2,1-4H3,(H,25,26)/t20-/m0/s1. The average molecular weight is 425 g/mol. The van der Waals surface area contributed by atoms with Crippen LogP contribution >= 0.6 is 0 Å². The van der Waals surface area contributed by atoms with Crippen molar-refractivity contribution in [3.63, 3.8) is 0 Å². The minimum Gasteiger partial charge on any atom is -0.467 e. The number of nitrogens with one attached hydrogen (secondary N) is 1. The van der Waals surface area contributed by atoms with Crippen LogP contribution in [0, 0.1) is 12.8 Å². The van der Waals surface area contributed by atoms with Crippen molar-refractivity contribution in [2.45, 2.75) is 33.2 Å². The zero-order valence-electron chi connectivity index (χ0n) is 18.1. The Balaban J connectivity index is 2.07. The van der Waals surface area contributed by atoms with Crippen molar-refractivity contribution in [2.75, 3.05) is 13.7 Å². The quantitative estimate of drug-likeness (QED) is 0.490. The lowest BCUT2D eigenvalue weighted by atomic mass is 9.98. The van der Waals surface area contributed by atoms with E-state index in [1.54, 1.807) is 24.3 Å². The first-order valence-corrected chi connectivity index (χ1v) is 9.97. The number of esters is 2. The molecule has 2 aromatic carbocycles. The SMILES string of the molecule is COC(=O)[C@H](CC(C)C)NC(=O)COC(=O)c1ccccc1C(=O)c1ccc(C)cc1. The second-order valence-corrected chi connectivity index (χ2v) is 7.59. The summed E-state index contributed by atoms with van der Waals surface area (Å²) >= 11 is 0. The molecule has 1 amide bonds. The minimum absolute atomic E-state index is 0.0626. The van der Waals surface area contributed by atoms with Gasteiger partial charge in [-0.05, 0) is 25.3 Å². The van der Waals surface area contributed by atoms with Crippen molar-refractivity contribution in [3.05, 3.63) is 70.8 Å². The summed E-state index contributed by atoms with van der Waals surface area (Å²) in [7, 11) is 1.24. The Bertz CT molecular complexity index is 949. The molecule has 7 nitrogen and oxygen atoms in total. The van der Waals surface area contributed by atoms with Gasteiger partial charge in [0.15, 0.2) is 12.4 Å². The molecule has 0 aliphatic carbocycles. The van der Waals surface area contributed by atoms with Gasteiger partial charge in [0.1, 0.15) is 6.04 Å². The molecule has 0 unspecified atom stereocenters. The van der Waals surface area contributed by atoms with E-state index in [-0.39, 0.29) is 22.8 Å². The van der Waals surface area contributed by atoms with Crippen molar-refractivity contribution in [1.29, 1.82) is 0 Å². The lowest BCUT2D eigenvalue weighted by Crippen LogP contribution is -2.44. The third-order valence-corrected chi connectivity index (χ3v) is 4.57. The third-order valence-electron chi connectivity index (χ3n) is 4.57. The molecule has 0 radical (unpaired) electrons. The molecule has 0 spiro atoms. The number of ether oxygens (including phenoxy) is 2. The Morgan fingerprint density at radius 3 is 2.13 bits per heavy atom. The molecule has 0 heterocycles. The second-order valence-electron chi connectivity index (χ2n) is 7.59. The number of hydrogen-bond acceptors (Lipinski definition) is 6. The van der Waals surface area contributed by atoms with Gasteiger partial charge in [0.25, 0.3) is 5.91 Å². The normalized spacial score (nSPS) is 11.5. The molecule has 0 aromatic heterocycles. The largest absolute Gasteiger partial charge is 0.467 e. The molecule has 7 heteroatoms. The zero-order valence-corrected chi connectivity index (χ0v) is 18.1. The molecule has 1 N–H and O–H groups in total. The van der Waals surface area contributed by atoms with Crippen LogP contribution in [0.25, 0.3) is 0 Å². The van der Waals surface area contributed by atoms with Crippen LogP contribution in [0.2, 0.25) is 0 Å².